The Balaban J connectivity index is 1.70. The first kappa shape index (κ1) is 22.6. The SMILES string of the molecule is CCc1cccc2c(/C=C3\SC(=O)N(CC(C)C)C3=O)cn(CC(=O)N3CCCCC3)c12. The fraction of sp³-hybridized carbons (Fsp3) is 0.480. The van der Waals surface area contributed by atoms with Crippen LogP contribution in [0.15, 0.2) is 29.3 Å². The van der Waals surface area contributed by atoms with Crippen molar-refractivity contribution in [3.8, 4) is 0 Å². The van der Waals surface area contributed by atoms with Gasteiger partial charge in [0.05, 0.1) is 10.4 Å². The minimum Gasteiger partial charge on any atom is -0.341 e. The van der Waals surface area contributed by atoms with Gasteiger partial charge in [-0.1, -0.05) is 39.0 Å². The van der Waals surface area contributed by atoms with E-state index in [2.05, 4.69) is 13.0 Å². The zero-order valence-electron chi connectivity index (χ0n) is 19.1. The van der Waals surface area contributed by atoms with Crippen molar-refractivity contribution in [3.05, 3.63) is 40.4 Å². The Hall–Kier alpha value is -2.54. The minimum atomic E-state index is -0.231. The maximum Gasteiger partial charge on any atom is 0.293 e. The average Bonchev–Trinajstić information content (AvgIpc) is 3.26. The molecule has 2 saturated heterocycles. The van der Waals surface area contributed by atoms with E-state index in [1.807, 2.05) is 47.7 Å². The molecule has 170 valence electrons. The van der Waals surface area contributed by atoms with Crippen LogP contribution in [-0.4, -0.2) is 51.1 Å². The van der Waals surface area contributed by atoms with Crippen LogP contribution >= 0.6 is 11.8 Å². The topological polar surface area (TPSA) is 62.6 Å². The van der Waals surface area contributed by atoms with Gasteiger partial charge in [0.2, 0.25) is 5.91 Å². The van der Waals surface area contributed by atoms with Crippen molar-refractivity contribution in [3.63, 3.8) is 0 Å². The van der Waals surface area contributed by atoms with E-state index in [-0.39, 0.29) is 29.5 Å². The van der Waals surface area contributed by atoms with Crippen molar-refractivity contribution in [1.82, 2.24) is 14.4 Å². The number of piperidine rings is 1. The monoisotopic (exact) mass is 453 g/mol. The lowest BCUT2D eigenvalue weighted by Gasteiger charge is -2.27. The summed E-state index contributed by atoms with van der Waals surface area (Å²) in [5.74, 6) is 0.125. The molecule has 0 unspecified atom stereocenters. The number of fused-ring (bicyclic) bond motifs is 1. The van der Waals surface area contributed by atoms with E-state index in [0.29, 0.717) is 11.4 Å². The summed E-state index contributed by atoms with van der Waals surface area (Å²) in [6.45, 7) is 8.46. The number of aromatic nitrogens is 1. The lowest BCUT2D eigenvalue weighted by Crippen LogP contribution is -2.37. The summed E-state index contributed by atoms with van der Waals surface area (Å²) in [6.07, 6.45) is 7.94. The number of aryl methyl sites for hydroxylation is 1. The molecule has 32 heavy (non-hydrogen) atoms. The second-order valence-electron chi connectivity index (χ2n) is 9.01. The van der Waals surface area contributed by atoms with E-state index in [4.69, 9.17) is 0 Å². The fourth-order valence-electron chi connectivity index (χ4n) is 4.54. The highest BCUT2D eigenvalue weighted by atomic mass is 32.2. The van der Waals surface area contributed by atoms with Crippen molar-refractivity contribution in [2.24, 2.45) is 5.92 Å². The van der Waals surface area contributed by atoms with Crippen LogP contribution in [0.3, 0.4) is 0 Å². The number of para-hydroxylation sites is 1. The Kier molecular flexibility index (Phi) is 6.74. The lowest BCUT2D eigenvalue weighted by atomic mass is 10.1. The molecule has 0 radical (unpaired) electrons. The summed E-state index contributed by atoms with van der Waals surface area (Å²) >= 11 is 0.997. The van der Waals surface area contributed by atoms with Crippen LogP contribution in [0, 0.1) is 5.92 Å². The van der Waals surface area contributed by atoms with Crippen LogP contribution in [-0.2, 0) is 22.6 Å². The molecule has 2 aliphatic heterocycles. The van der Waals surface area contributed by atoms with Gasteiger partial charge in [-0.25, -0.2) is 0 Å². The van der Waals surface area contributed by atoms with Crippen molar-refractivity contribution in [2.75, 3.05) is 19.6 Å². The number of likely N-dealkylation sites (tertiary alicyclic amines) is 1. The number of nitrogens with zero attached hydrogens (tertiary/aromatic N) is 3. The van der Waals surface area contributed by atoms with Crippen LogP contribution in [0.5, 0.6) is 0 Å². The van der Waals surface area contributed by atoms with E-state index in [0.717, 1.165) is 60.6 Å². The molecule has 6 nitrogen and oxygen atoms in total. The van der Waals surface area contributed by atoms with Gasteiger partial charge in [-0.3, -0.25) is 19.3 Å². The first-order chi connectivity index (χ1) is 15.4. The Morgan fingerprint density at radius 2 is 1.91 bits per heavy atom. The number of rotatable bonds is 6. The number of hydrogen-bond donors (Lipinski definition) is 0. The van der Waals surface area contributed by atoms with Crippen LogP contribution in [0.1, 0.15) is 51.2 Å². The van der Waals surface area contributed by atoms with Gasteiger partial charge in [-0.15, -0.1) is 0 Å². The number of imide groups is 1. The quantitative estimate of drug-likeness (QED) is 0.583. The number of carbonyl (C=O) groups excluding carboxylic acids is 3. The van der Waals surface area contributed by atoms with Gasteiger partial charge in [0.15, 0.2) is 0 Å². The molecule has 3 heterocycles. The number of carbonyl (C=O) groups is 3. The van der Waals surface area contributed by atoms with E-state index in [1.165, 1.54) is 16.9 Å². The van der Waals surface area contributed by atoms with Gasteiger partial charge >= 0.3 is 0 Å². The Labute approximate surface area is 193 Å². The molecule has 0 spiro atoms. The summed E-state index contributed by atoms with van der Waals surface area (Å²) in [7, 11) is 0. The third-order valence-electron chi connectivity index (χ3n) is 6.12. The van der Waals surface area contributed by atoms with Gasteiger partial charge in [0.25, 0.3) is 11.1 Å². The molecule has 0 N–H and O–H groups in total. The average molecular weight is 454 g/mol. The normalized spacial score (nSPS) is 18.6. The zero-order chi connectivity index (χ0) is 22.8. The molecule has 0 bridgehead atoms. The van der Waals surface area contributed by atoms with Gasteiger partial charge < -0.3 is 9.47 Å². The molecule has 4 rings (SSSR count). The Morgan fingerprint density at radius 1 is 1.16 bits per heavy atom. The number of hydrogen-bond acceptors (Lipinski definition) is 4. The van der Waals surface area contributed by atoms with Gasteiger partial charge in [-0.05, 0) is 55.0 Å². The van der Waals surface area contributed by atoms with Crippen molar-refractivity contribution in [2.45, 2.75) is 53.0 Å². The maximum atomic E-state index is 13.0. The van der Waals surface area contributed by atoms with Crippen LogP contribution in [0.4, 0.5) is 4.79 Å². The molecular formula is C25H31N3O3S. The van der Waals surface area contributed by atoms with E-state index in [9.17, 15) is 14.4 Å². The molecule has 0 saturated carbocycles. The first-order valence-electron chi connectivity index (χ1n) is 11.5. The highest BCUT2D eigenvalue weighted by Gasteiger charge is 2.35. The van der Waals surface area contributed by atoms with Gasteiger partial charge in [-0.2, -0.15) is 0 Å². The van der Waals surface area contributed by atoms with Crippen LogP contribution in [0.2, 0.25) is 0 Å². The molecule has 1 aromatic heterocycles. The van der Waals surface area contributed by atoms with E-state index >= 15 is 0 Å². The summed E-state index contributed by atoms with van der Waals surface area (Å²) in [4.78, 5) is 42.0. The molecule has 0 aliphatic carbocycles. The molecule has 7 heteroatoms. The van der Waals surface area contributed by atoms with E-state index < -0.39 is 0 Å². The summed E-state index contributed by atoms with van der Waals surface area (Å²) in [5.41, 5.74) is 3.08. The second-order valence-corrected chi connectivity index (χ2v) is 10.0. The summed E-state index contributed by atoms with van der Waals surface area (Å²) in [5, 5.41) is 0.791. The Morgan fingerprint density at radius 3 is 2.59 bits per heavy atom. The molecule has 0 atom stereocenters. The van der Waals surface area contributed by atoms with Crippen molar-refractivity contribution >= 4 is 45.8 Å². The fourth-order valence-corrected chi connectivity index (χ4v) is 5.38. The third-order valence-corrected chi connectivity index (χ3v) is 7.02. The van der Waals surface area contributed by atoms with Crippen LogP contribution in [0.25, 0.3) is 17.0 Å². The molecule has 1 aromatic carbocycles. The summed E-state index contributed by atoms with van der Waals surface area (Å²) in [6, 6.07) is 6.13. The zero-order valence-corrected chi connectivity index (χ0v) is 19.9. The maximum absolute atomic E-state index is 13.0. The lowest BCUT2D eigenvalue weighted by molar-refractivity contribution is -0.132. The van der Waals surface area contributed by atoms with E-state index in [1.54, 1.807) is 0 Å². The standard InChI is InChI=1S/C25H31N3O3S/c1-4-18-9-8-10-20-19(13-21-24(30)28(14-17(2)3)25(31)32-21)15-27(23(18)20)16-22(29)26-11-6-5-7-12-26/h8-10,13,15,17H,4-7,11-12,14,16H2,1-3H3/b21-13-. The predicted octanol–water partition coefficient (Wildman–Crippen LogP) is 4.91. The number of amides is 3. The second kappa shape index (κ2) is 9.53. The largest absolute Gasteiger partial charge is 0.341 e. The molecule has 2 aliphatic rings. The minimum absolute atomic E-state index is 0.135. The number of benzene rings is 1. The smallest absolute Gasteiger partial charge is 0.293 e. The van der Waals surface area contributed by atoms with Gasteiger partial charge in [0, 0.05) is 36.8 Å². The highest BCUT2D eigenvalue weighted by Crippen LogP contribution is 2.35. The number of thioether (sulfide) groups is 1. The molecule has 3 amide bonds. The first-order valence-corrected chi connectivity index (χ1v) is 12.3. The molecular weight excluding hydrogens is 422 g/mol. The van der Waals surface area contributed by atoms with Crippen molar-refractivity contribution < 1.29 is 14.4 Å². The van der Waals surface area contributed by atoms with Crippen LogP contribution < -0.4 is 0 Å². The van der Waals surface area contributed by atoms with Gasteiger partial charge in [0.1, 0.15) is 6.54 Å². The summed E-state index contributed by atoms with van der Waals surface area (Å²) < 4.78 is 2.02. The predicted molar refractivity (Wildman–Crippen MR) is 129 cm³/mol. The highest BCUT2D eigenvalue weighted by molar-refractivity contribution is 8.18. The third kappa shape index (κ3) is 4.49. The molecule has 2 aromatic rings. The van der Waals surface area contributed by atoms with Crippen molar-refractivity contribution in [1.29, 1.82) is 0 Å². The Bertz CT molecular complexity index is 1080. The molecule has 2 fully saturated rings.